The van der Waals surface area contributed by atoms with E-state index in [-0.39, 0.29) is 5.03 Å². The fourth-order valence-corrected chi connectivity index (χ4v) is 7.04. The van der Waals surface area contributed by atoms with E-state index in [9.17, 15) is 18.3 Å². The first-order valence-electron chi connectivity index (χ1n) is 12.6. The van der Waals surface area contributed by atoms with Crippen LogP contribution in [0.15, 0.2) is 41.4 Å². The summed E-state index contributed by atoms with van der Waals surface area (Å²) in [5, 5.41) is 10.1. The van der Waals surface area contributed by atoms with Crippen molar-refractivity contribution < 1.29 is 23.1 Å². The number of ether oxygens (including phenoxy) is 1. The zero-order chi connectivity index (χ0) is 25.1. The molecule has 1 amide bonds. The number of β-amino-alcohol motifs (C(OH)–C–C–N with tert-alkyl or cyclic N) is 1. The molecule has 4 fully saturated rings. The van der Waals surface area contributed by atoms with Gasteiger partial charge in [0.1, 0.15) is 11.6 Å². The highest BCUT2D eigenvalue weighted by molar-refractivity contribution is 7.90. The number of rotatable bonds is 7. The third kappa shape index (κ3) is 4.35. The van der Waals surface area contributed by atoms with E-state index >= 15 is 0 Å². The van der Waals surface area contributed by atoms with Crippen LogP contribution in [0.5, 0.6) is 5.75 Å². The minimum absolute atomic E-state index is 0.241. The standard InChI is InChI=1S/C26H30ClN3O5S/c27-18-5-6-20(17-14-25(15-17)8-2-9-25)21(13-18)35-26(10-11-26)24(32)29-36(33,34)23-4-1-3-22(28-23)30-12-7-19(31)16-30/h1,3-6,13,17,19,31H,2,7-12,14-16H2,(H,29,32). The van der Waals surface area contributed by atoms with Gasteiger partial charge in [0.25, 0.3) is 15.9 Å². The molecule has 4 aliphatic rings. The second kappa shape index (κ2) is 8.60. The second-order valence-corrected chi connectivity index (χ2v) is 13.0. The van der Waals surface area contributed by atoms with Gasteiger partial charge in [-0.3, -0.25) is 4.79 Å². The fraction of sp³-hybridized carbons (Fsp3) is 0.538. The lowest BCUT2D eigenvalue weighted by Gasteiger charge is -2.54. The molecule has 1 aromatic carbocycles. The van der Waals surface area contributed by atoms with E-state index in [0.29, 0.717) is 60.3 Å². The van der Waals surface area contributed by atoms with Crippen molar-refractivity contribution in [2.45, 2.75) is 74.0 Å². The van der Waals surface area contributed by atoms with Crippen molar-refractivity contribution in [1.29, 1.82) is 0 Å². The molecule has 1 aromatic heterocycles. The van der Waals surface area contributed by atoms with Gasteiger partial charge in [-0.1, -0.05) is 30.2 Å². The molecule has 36 heavy (non-hydrogen) atoms. The maximum atomic E-state index is 13.2. The Hall–Kier alpha value is -2.36. The molecule has 192 valence electrons. The molecule has 1 atom stereocenters. The van der Waals surface area contributed by atoms with E-state index in [4.69, 9.17) is 16.3 Å². The van der Waals surface area contributed by atoms with Crippen LogP contribution in [-0.2, 0) is 14.8 Å². The first kappa shape index (κ1) is 24.0. The molecule has 1 aliphatic heterocycles. The van der Waals surface area contributed by atoms with E-state index < -0.39 is 27.6 Å². The van der Waals surface area contributed by atoms with E-state index in [1.807, 2.05) is 17.0 Å². The Bertz CT molecular complexity index is 1300. The van der Waals surface area contributed by atoms with E-state index in [1.165, 1.54) is 25.3 Å². The number of hydrogen-bond acceptors (Lipinski definition) is 7. The minimum Gasteiger partial charge on any atom is -0.477 e. The number of pyridine rings is 1. The molecule has 10 heteroatoms. The number of sulfonamides is 1. The second-order valence-electron chi connectivity index (χ2n) is 10.9. The van der Waals surface area contributed by atoms with Gasteiger partial charge >= 0.3 is 0 Å². The van der Waals surface area contributed by atoms with Gasteiger partial charge in [-0.25, -0.2) is 9.71 Å². The average Bonchev–Trinajstić information content (AvgIpc) is 3.44. The third-order valence-corrected chi connectivity index (χ3v) is 9.78. The number of halogens is 1. The molecule has 1 unspecified atom stereocenters. The van der Waals surface area contributed by atoms with E-state index in [0.717, 1.165) is 18.4 Å². The highest BCUT2D eigenvalue weighted by Gasteiger charge is 2.55. The number of aromatic nitrogens is 1. The van der Waals surface area contributed by atoms with E-state index in [2.05, 4.69) is 9.71 Å². The Balaban J connectivity index is 1.18. The summed E-state index contributed by atoms with van der Waals surface area (Å²) in [7, 11) is -4.21. The number of carbonyl (C=O) groups excluding carboxylic acids is 1. The van der Waals surface area contributed by atoms with Crippen molar-refractivity contribution in [1.82, 2.24) is 9.71 Å². The lowest BCUT2D eigenvalue weighted by Crippen LogP contribution is -2.44. The van der Waals surface area contributed by atoms with Gasteiger partial charge in [-0.05, 0) is 73.3 Å². The molecule has 6 rings (SSSR count). The molecule has 0 bridgehead atoms. The van der Waals surface area contributed by atoms with Gasteiger partial charge in [0, 0.05) is 31.0 Å². The highest BCUT2D eigenvalue weighted by Crippen LogP contribution is 2.63. The normalized spacial score (nSPS) is 24.2. The number of nitrogens with one attached hydrogen (secondary N) is 1. The number of carbonyl (C=O) groups is 1. The van der Waals surface area contributed by atoms with Crippen LogP contribution in [0.25, 0.3) is 0 Å². The predicted octanol–water partition coefficient (Wildman–Crippen LogP) is 3.77. The van der Waals surface area contributed by atoms with Crippen LogP contribution in [0.1, 0.15) is 62.8 Å². The Morgan fingerprint density at radius 1 is 1.17 bits per heavy atom. The van der Waals surface area contributed by atoms with Crippen molar-refractivity contribution in [2.24, 2.45) is 5.41 Å². The van der Waals surface area contributed by atoms with Gasteiger partial charge < -0.3 is 14.7 Å². The van der Waals surface area contributed by atoms with E-state index in [1.54, 1.807) is 18.2 Å². The molecule has 2 N–H and O–H groups in total. The lowest BCUT2D eigenvalue weighted by atomic mass is 9.50. The SMILES string of the molecule is O=C(NS(=O)(=O)c1cccc(N2CCC(O)C2)n1)C1(Oc2cc(Cl)ccc2C2CC3(CCC3)C2)CC1. The molecular weight excluding hydrogens is 502 g/mol. The highest BCUT2D eigenvalue weighted by atomic mass is 35.5. The van der Waals surface area contributed by atoms with Crippen LogP contribution in [-0.4, -0.2) is 49.2 Å². The van der Waals surface area contributed by atoms with Gasteiger partial charge in [-0.2, -0.15) is 8.42 Å². The first-order chi connectivity index (χ1) is 17.2. The summed E-state index contributed by atoms with van der Waals surface area (Å²) in [6.07, 6.45) is 7.09. The number of anilines is 1. The van der Waals surface area contributed by atoms with Crippen LogP contribution in [0.2, 0.25) is 5.02 Å². The summed E-state index contributed by atoms with van der Waals surface area (Å²) in [6.45, 7) is 0.981. The van der Waals surface area contributed by atoms with Gasteiger partial charge in [0.05, 0.1) is 6.10 Å². The summed E-state index contributed by atoms with van der Waals surface area (Å²) in [4.78, 5) is 19.3. The quantitative estimate of drug-likeness (QED) is 0.559. The smallest absolute Gasteiger partial charge is 0.281 e. The number of benzene rings is 1. The van der Waals surface area contributed by atoms with Crippen LogP contribution >= 0.6 is 11.6 Å². The van der Waals surface area contributed by atoms with Crippen molar-refractivity contribution in [3.8, 4) is 5.75 Å². The average molecular weight is 532 g/mol. The number of hydrogen-bond donors (Lipinski definition) is 2. The largest absolute Gasteiger partial charge is 0.477 e. The summed E-state index contributed by atoms with van der Waals surface area (Å²) < 4.78 is 34.5. The number of aliphatic hydroxyl groups is 1. The minimum atomic E-state index is -4.21. The van der Waals surface area contributed by atoms with Crippen molar-refractivity contribution >= 4 is 33.3 Å². The zero-order valence-corrected chi connectivity index (χ0v) is 21.5. The van der Waals surface area contributed by atoms with Crippen LogP contribution in [0.3, 0.4) is 0 Å². The monoisotopic (exact) mass is 531 g/mol. The molecule has 3 saturated carbocycles. The van der Waals surface area contributed by atoms with Gasteiger partial charge in [0.15, 0.2) is 10.6 Å². The maximum absolute atomic E-state index is 13.2. The Labute approximate surface area is 216 Å². The molecule has 2 aromatic rings. The zero-order valence-electron chi connectivity index (χ0n) is 20.0. The molecule has 3 aliphatic carbocycles. The summed E-state index contributed by atoms with van der Waals surface area (Å²) in [5.74, 6) is 0.699. The number of amides is 1. The van der Waals surface area contributed by atoms with Crippen molar-refractivity contribution in [3.05, 3.63) is 47.0 Å². The summed E-state index contributed by atoms with van der Waals surface area (Å²) in [6, 6.07) is 10.2. The van der Waals surface area contributed by atoms with Crippen LogP contribution in [0.4, 0.5) is 5.82 Å². The maximum Gasteiger partial charge on any atom is 0.281 e. The Kier molecular flexibility index (Phi) is 5.73. The van der Waals surface area contributed by atoms with Crippen molar-refractivity contribution in [3.63, 3.8) is 0 Å². The molecule has 1 saturated heterocycles. The van der Waals surface area contributed by atoms with Crippen LogP contribution < -0.4 is 14.4 Å². The van der Waals surface area contributed by atoms with Crippen molar-refractivity contribution in [2.75, 3.05) is 18.0 Å². The predicted molar refractivity (Wildman–Crippen MR) is 135 cm³/mol. The van der Waals surface area contributed by atoms with Gasteiger partial charge in [0.2, 0.25) is 0 Å². The van der Waals surface area contributed by atoms with Crippen LogP contribution in [0, 0.1) is 5.41 Å². The number of aliphatic hydroxyl groups excluding tert-OH is 1. The Morgan fingerprint density at radius 3 is 2.58 bits per heavy atom. The molecule has 1 spiro atoms. The fourth-order valence-electron chi connectivity index (χ4n) is 5.87. The lowest BCUT2D eigenvalue weighted by molar-refractivity contribution is -0.128. The molecular formula is C26H30ClN3O5S. The molecule has 0 radical (unpaired) electrons. The molecule has 8 nitrogen and oxygen atoms in total. The molecule has 2 heterocycles. The first-order valence-corrected chi connectivity index (χ1v) is 14.5. The summed E-state index contributed by atoms with van der Waals surface area (Å²) in [5.41, 5.74) is 0.293. The number of nitrogens with zero attached hydrogens (tertiary/aromatic N) is 2. The van der Waals surface area contributed by atoms with Gasteiger partial charge in [-0.15, -0.1) is 0 Å². The summed E-state index contributed by atoms with van der Waals surface area (Å²) >= 11 is 6.27. The Morgan fingerprint density at radius 2 is 1.94 bits per heavy atom. The third-order valence-electron chi connectivity index (χ3n) is 8.31. The topological polar surface area (TPSA) is 109 Å².